The van der Waals surface area contributed by atoms with Crippen LogP contribution >= 0.6 is 0 Å². The fourth-order valence-electron chi connectivity index (χ4n) is 3.62. The van der Waals surface area contributed by atoms with Crippen molar-refractivity contribution < 1.29 is 4.74 Å². The van der Waals surface area contributed by atoms with E-state index in [4.69, 9.17) is 4.74 Å². The smallest absolute Gasteiger partial charge is 0.132 e. The normalized spacial score (nSPS) is 22.4. The second-order valence-electron chi connectivity index (χ2n) is 6.58. The van der Waals surface area contributed by atoms with E-state index in [1.54, 1.807) is 13.4 Å². The zero-order valence-electron chi connectivity index (χ0n) is 14.2. The van der Waals surface area contributed by atoms with E-state index in [-0.39, 0.29) is 0 Å². The summed E-state index contributed by atoms with van der Waals surface area (Å²) in [6.07, 6.45) is 6.43. The van der Waals surface area contributed by atoms with Gasteiger partial charge in [-0.25, -0.2) is 9.97 Å². The van der Waals surface area contributed by atoms with Crippen LogP contribution in [0.25, 0.3) is 0 Å². The highest BCUT2D eigenvalue weighted by molar-refractivity contribution is 5.46. The van der Waals surface area contributed by atoms with Crippen molar-refractivity contribution in [2.24, 2.45) is 5.92 Å². The molecule has 2 aliphatic rings. The predicted molar refractivity (Wildman–Crippen MR) is 91.8 cm³/mol. The monoisotopic (exact) mass is 319 g/mol. The molecule has 0 amide bonds. The van der Waals surface area contributed by atoms with Crippen molar-refractivity contribution in [3.8, 4) is 0 Å². The summed E-state index contributed by atoms with van der Waals surface area (Å²) in [4.78, 5) is 11.6. The molecule has 6 nitrogen and oxygen atoms in total. The van der Waals surface area contributed by atoms with Gasteiger partial charge in [0.15, 0.2) is 0 Å². The SMILES string of the molecule is COCCNc1ncnc2c1CCN(C[C@@H]1CCCNC1)CC2. The summed E-state index contributed by atoms with van der Waals surface area (Å²) in [5.74, 6) is 1.79. The summed E-state index contributed by atoms with van der Waals surface area (Å²) < 4.78 is 5.11. The number of nitrogens with zero attached hydrogens (tertiary/aromatic N) is 3. The molecule has 0 saturated carbocycles. The molecule has 2 aliphatic heterocycles. The van der Waals surface area contributed by atoms with Crippen molar-refractivity contribution in [1.29, 1.82) is 0 Å². The van der Waals surface area contributed by atoms with Crippen molar-refractivity contribution >= 4 is 5.82 Å². The van der Waals surface area contributed by atoms with E-state index in [2.05, 4.69) is 25.5 Å². The lowest BCUT2D eigenvalue weighted by Crippen LogP contribution is -2.39. The number of piperidine rings is 1. The number of methoxy groups -OCH3 is 1. The molecule has 0 radical (unpaired) electrons. The van der Waals surface area contributed by atoms with Crippen LogP contribution in [0, 0.1) is 5.92 Å². The number of rotatable bonds is 6. The topological polar surface area (TPSA) is 62.3 Å². The Kier molecular flexibility index (Phi) is 6.19. The molecule has 0 bridgehead atoms. The second kappa shape index (κ2) is 8.57. The first-order chi connectivity index (χ1) is 11.4. The van der Waals surface area contributed by atoms with E-state index in [9.17, 15) is 0 Å². The number of aromatic nitrogens is 2. The minimum Gasteiger partial charge on any atom is -0.383 e. The van der Waals surface area contributed by atoms with Gasteiger partial charge in [0, 0.05) is 45.3 Å². The summed E-state index contributed by atoms with van der Waals surface area (Å²) in [6.45, 7) is 7.27. The van der Waals surface area contributed by atoms with Gasteiger partial charge in [0.05, 0.1) is 12.3 Å². The van der Waals surface area contributed by atoms with Crippen molar-refractivity contribution in [3.63, 3.8) is 0 Å². The molecule has 3 heterocycles. The van der Waals surface area contributed by atoms with Gasteiger partial charge in [-0.05, 0) is 38.3 Å². The molecule has 3 rings (SSSR count). The Morgan fingerprint density at radius 3 is 3.09 bits per heavy atom. The Morgan fingerprint density at radius 1 is 1.35 bits per heavy atom. The molecule has 2 N–H and O–H groups in total. The molecular formula is C17H29N5O. The minimum atomic E-state index is 0.694. The van der Waals surface area contributed by atoms with Crippen LogP contribution in [0.4, 0.5) is 5.82 Å². The van der Waals surface area contributed by atoms with Crippen LogP contribution in [0.15, 0.2) is 6.33 Å². The molecule has 1 saturated heterocycles. The average Bonchev–Trinajstić information content (AvgIpc) is 2.79. The first kappa shape index (κ1) is 16.6. The van der Waals surface area contributed by atoms with Crippen molar-refractivity contribution in [1.82, 2.24) is 20.2 Å². The van der Waals surface area contributed by atoms with Crippen LogP contribution in [0.3, 0.4) is 0 Å². The van der Waals surface area contributed by atoms with E-state index in [1.807, 2.05) is 0 Å². The quantitative estimate of drug-likeness (QED) is 0.761. The third-order valence-electron chi connectivity index (χ3n) is 4.89. The minimum absolute atomic E-state index is 0.694. The van der Waals surface area contributed by atoms with Gasteiger partial charge in [-0.1, -0.05) is 0 Å². The Labute approximate surface area is 139 Å². The van der Waals surface area contributed by atoms with Gasteiger partial charge in [0.2, 0.25) is 0 Å². The fraction of sp³-hybridized carbons (Fsp3) is 0.765. The molecule has 1 aromatic rings. The maximum Gasteiger partial charge on any atom is 0.132 e. The number of nitrogens with one attached hydrogen (secondary N) is 2. The third-order valence-corrected chi connectivity index (χ3v) is 4.89. The van der Waals surface area contributed by atoms with Crippen LogP contribution in [0.5, 0.6) is 0 Å². The lowest BCUT2D eigenvalue weighted by atomic mass is 9.99. The highest BCUT2D eigenvalue weighted by Crippen LogP contribution is 2.21. The highest BCUT2D eigenvalue weighted by atomic mass is 16.5. The highest BCUT2D eigenvalue weighted by Gasteiger charge is 2.21. The summed E-state index contributed by atoms with van der Waals surface area (Å²) in [5.41, 5.74) is 2.51. The lowest BCUT2D eigenvalue weighted by Gasteiger charge is -2.29. The summed E-state index contributed by atoms with van der Waals surface area (Å²) in [6, 6.07) is 0. The van der Waals surface area contributed by atoms with Crippen LogP contribution in [-0.2, 0) is 17.6 Å². The molecule has 6 heteroatoms. The number of hydrogen-bond acceptors (Lipinski definition) is 6. The second-order valence-corrected chi connectivity index (χ2v) is 6.58. The van der Waals surface area contributed by atoms with Gasteiger partial charge in [-0.2, -0.15) is 0 Å². The molecule has 1 aromatic heterocycles. The number of hydrogen-bond donors (Lipinski definition) is 2. The molecule has 23 heavy (non-hydrogen) atoms. The summed E-state index contributed by atoms with van der Waals surface area (Å²) in [5, 5.41) is 6.92. The largest absolute Gasteiger partial charge is 0.383 e. The summed E-state index contributed by atoms with van der Waals surface area (Å²) >= 11 is 0. The van der Waals surface area contributed by atoms with Gasteiger partial charge < -0.3 is 20.3 Å². The standard InChI is InChI=1S/C17H29N5O/c1-23-10-7-19-17-15-4-8-22(9-5-16(15)20-13-21-17)12-14-3-2-6-18-11-14/h13-14,18H,2-12H2,1H3,(H,19,20,21)/t14-/m1/s1. The van der Waals surface area contributed by atoms with Crippen LogP contribution in [0.1, 0.15) is 24.1 Å². The molecule has 0 aliphatic carbocycles. The van der Waals surface area contributed by atoms with Crippen molar-refractivity contribution in [2.45, 2.75) is 25.7 Å². The van der Waals surface area contributed by atoms with E-state index < -0.39 is 0 Å². The average molecular weight is 319 g/mol. The Bertz CT molecular complexity index is 490. The number of anilines is 1. The van der Waals surface area contributed by atoms with Crippen molar-refractivity contribution in [2.75, 3.05) is 58.3 Å². The summed E-state index contributed by atoms with van der Waals surface area (Å²) in [7, 11) is 1.72. The zero-order chi connectivity index (χ0) is 15.9. The maximum absolute atomic E-state index is 5.11. The molecule has 0 unspecified atom stereocenters. The first-order valence-electron chi connectivity index (χ1n) is 8.85. The van der Waals surface area contributed by atoms with Gasteiger partial charge >= 0.3 is 0 Å². The molecular weight excluding hydrogens is 290 g/mol. The first-order valence-corrected chi connectivity index (χ1v) is 8.85. The fourth-order valence-corrected chi connectivity index (χ4v) is 3.62. The number of ether oxygens (including phenoxy) is 1. The van der Waals surface area contributed by atoms with Crippen LogP contribution < -0.4 is 10.6 Å². The molecule has 0 spiro atoms. The molecule has 1 atom stereocenters. The predicted octanol–water partition coefficient (Wildman–Crippen LogP) is 0.935. The van der Waals surface area contributed by atoms with E-state index >= 15 is 0 Å². The lowest BCUT2D eigenvalue weighted by molar-refractivity contribution is 0.210. The maximum atomic E-state index is 5.11. The zero-order valence-corrected chi connectivity index (χ0v) is 14.2. The Morgan fingerprint density at radius 2 is 2.26 bits per heavy atom. The third kappa shape index (κ3) is 4.62. The van der Waals surface area contributed by atoms with Gasteiger partial charge in [0.25, 0.3) is 0 Å². The number of fused-ring (bicyclic) bond motifs is 1. The van der Waals surface area contributed by atoms with Crippen LogP contribution in [-0.4, -0.2) is 67.9 Å². The van der Waals surface area contributed by atoms with Gasteiger partial charge in [-0.15, -0.1) is 0 Å². The molecule has 0 aromatic carbocycles. The Balaban J connectivity index is 1.59. The molecule has 128 valence electrons. The van der Waals surface area contributed by atoms with E-state index in [0.717, 1.165) is 44.2 Å². The van der Waals surface area contributed by atoms with Gasteiger partial charge in [-0.3, -0.25) is 0 Å². The van der Waals surface area contributed by atoms with E-state index in [1.165, 1.54) is 43.7 Å². The molecule has 1 fully saturated rings. The van der Waals surface area contributed by atoms with Gasteiger partial charge in [0.1, 0.15) is 12.1 Å². The Hall–Kier alpha value is -1.24. The van der Waals surface area contributed by atoms with E-state index in [0.29, 0.717) is 6.61 Å². The van der Waals surface area contributed by atoms with Crippen molar-refractivity contribution in [3.05, 3.63) is 17.6 Å². The van der Waals surface area contributed by atoms with Crippen LogP contribution in [0.2, 0.25) is 0 Å².